The molecule has 0 bridgehead atoms. The summed E-state index contributed by atoms with van der Waals surface area (Å²) in [5.41, 5.74) is 3.92. The van der Waals surface area contributed by atoms with Crippen molar-refractivity contribution < 1.29 is 9.53 Å². The van der Waals surface area contributed by atoms with Gasteiger partial charge in [-0.3, -0.25) is 4.79 Å². The Hall–Kier alpha value is -3.05. The highest BCUT2D eigenvalue weighted by atomic mass is 16.5. The van der Waals surface area contributed by atoms with E-state index in [0.717, 1.165) is 37.6 Å². The van der Waals surface area contributed by atoms with E-state index < -0.39 is 0 Å². The minimum absolute atomic E-state index is 0.0683. The van der Waals surface area contributed by atoms with E-state index in [9.17, 15) is 4.79 Å². The summed E-state index contributed by atoms with van der Waals surface area (Å²) >= 11 is 0. The van der Waals surface area contributed by atoms with Crippen molar-refractivity contribution in [2.75, 3.05) is 31.2 Å². The molecule has 5 heteroatoms. The molecular weight excluding hydrogens is 338 g/mol. The van der Waals surface area contributed by atoms with E-state index in [2.05, 4.69) is 34.5 Å². The highest BCUT2D eigenvalue weighted by molar-refractivity contribution is 5.94. The maximum Gasteiger partial charge on any atom is 0.251 e. The first kappa shape index (κ1) is 17.4. The molecule has 0 saturated carbocycles. The fraction of sp³-hybridized carbons (Fsp3) is 0.227. The molecule has 3 aromatic rings. The molecule has 1 amide bonds. The van der Waals surface area contributed by atoms with Crippen LogP contribution in [0.3, 0.4) is 0 Å². The predicted molar refractivity (Wildman–Crippen MR) is 106 cm³/mol. The van der Waals surface area contributed by atoms with Crippen LogP contribution >= 0.6 is 0 Å². The van der Waals surface area contributed by atoms with E-state index in [0.29, 0.717) is 12.1 Å². The van der Waals surface area contributed by atoms with Gasteiger partial charge < -0.3 is 19.5 Å². The molecule has 2 aromatic carbocycles. The van der Waals surface area contributed by atoms with Crippen LogP contribution in [-0.4, -0.2) is 36.8 Å². The smallest absolute Gasteiger partial charge is 0.251 e. The molecule has 1 aliphatic rings. The van der Waals surface area contributed by atoms with Crippen LogP contribution in [0.1, 0.15) is 15.9 Å². The molecule has 1 N–H and O–H groups in total. The lowest BCUT2D eigenvalue weighted by Crippen LogP contribution is -2.36. The third kappa shape index (κ3) is 4.20. The molecule has 2 heterocycles. The van der Waals surface area contributed by atoms with Crippen LogP contribution in [0.25, 0.3) is 5.69 Å². The van der Waals surface area contributed by atoms with E-state index in [4.69, 9.17) is 4.74 Å². The van der Waals surface area contributed by atoms with Crippen molar-refractivity contribution in [3.63, 3.8) is 0 Å². The van der Waals surface area contributed by atoms with Gasteiger partial charge in [0.15, 0.2) is 0 Å². The lowest BCUT2D eigenvalue weighted by Gasteiger charge is -2.28. The van der Waals surface area contributed by atoms with Crippen LogP contribution in [0.15, 0.2) is 73.1 Å². The molecular formula is C22H23N3O2. The number of nitrogens with one attached hydrogen (secondary N) is 1. The molecule has 0 aliphatic carbocycles. The number of carbonyl (C=O) groups excluding carboxylic acids is 1. The average Bonchev–Trinajstić information content (AvgIpc) is 3.28. The Kier molecular flexibility index (Phi) is 5.21. The Morgan fingerprint density at radius 2 is 1.67 bits per heavy atom. The maximum atomic E-state index is 12.5. The number of ether oxygens (including phenoxy) is 1. The monoisotopic (exact) mass is 361 g/mol. The van der Waals surface area contributed by atoms with Crippen LogP contribution in [0, 0.1) is 0 Å². The topological polar surface area (TPSA) is 46.5 Å². The Morgan fingerprint density at radius 3 is 2.41 bits per heavy atom. The molecule has 1 aromatic heterocycles. The summed E-state index contributed by atoms with van der Waals surface area (Å²) in [6.07, 6.45) is 3.93. The normalized spacial score (nSPS) is 14.1. The second-order valence-corrected chi connectivity index (χ2v) is 6.59. The van der Waals surface area contributed by atoms with Gasteiger partial charge in [-0.15, -0.1) is 0 Å². The van der Waals surface area contributed by atoms with E-state index in [1.807, 2.05) is 53.4 Å². The zero-order valence-corrected chi connectivity index (χ0v) is 15.2. The second kappa shape index (κ2) is 8.10. The van der Waals surface area contributed by atoms with Crippen LogP contribution in [0.4, 0.5) is 5.69 Å². The highest BCUT2D eigenvalue weighted by Gasteiger charge is 2.11. The fourth-order valence-corrected chi connectivity index (χ4v) is 3.24. The molecule has 4 rings (SSSR count). The Bertz CT molecular complexity index is 882. The molecule has 0 radical (unpaired) electrons. The minimum Gasteiger partial charge on any atom is -0.378 e. The van der Waals surface area contributed by atoms with Crippen LogP contribution in [0.2, 0.25) is 0 Å². The summed E-state index contributed by atoms with van der Waals surface area (Å²) < 4.78 is 7.38. The Balaban J connectivity index is 1.37. The van der Waals surface area contributed by atoms with Crippen molar-refractivity contribution in [2.24, 2.45) is 0 Å². The Labute approximate surface area is 159 Å². The minimum atomic E-state index is -0.0683. The lowest BCUT2D eigenvalue weighted by molar-refractivity contribution is 0.0951. The van der Waals surface area contributed by atoms with Gasteiger partial charge in [-0.2, -0.15) is 0 Å². The van der Waals surface area contributed by atoms with Gasteiger partial charge in [0.1, 0.15) is 0 Å². The van der Waals surface area contributed by atoms with E-state index in [-0.39, 0.29) is 5.91 Å². The van der Waals surface area contributed by atoms with E-state index in [1.165, 1.54) is 5.69 Å². The van der Waals surface area contributed by atoms with Crippen LogP contribution < -0.4 is 10.2 Å². The third-order valence-corrected chi connectivity index (χ3v) is 4.78. The van der Waals surface area contributed by atoms with Crippen molar-refractivity contribution in [2.45, 2.75) is 6.54 Å². The van der Waals surface area contributed by atoms with Crippen molar-refractivity contribution in [3.8, 4) is 5.69 Å². The summed E-state index contributed by atoms with van der Waals surface area (Å²) in [5.74, 6) is -0.0683. The third-order valence-electron chi connectivity index (χ3n) is 4.78. The van der Waals surface area contributed by atoms with E-state index in [1.54, 1.807) is 0 Å². The molecule has 1 aliphatic heterocycles. The SMILES string of the molecule is O=C(NCc1ccc(N2CCOCC2)cc1)c1cccc(-n2cccc2)c1. The number of carbonyl (C=O) groups is 1. The number of aromatic nitrogens is 1. The van der Waals surface area contributed by atoms with Gasteiger partial charge in [-0.25, -0.2) is 0 Å². The number of hydrogen-bond acceptors (Lipinski definition) is 3. The Morgan fingerprint density at radius 1 is 0.926 bits per heavy atom. The summed E-state index contributed by atoms with van der Waals surface area (Å²) in [4.78, 5) is 14.8. The zero-order chi connectivity index (χ0) is 18.5. The first-order valence-corrected chi connectivity index (χ1v) is 9.23. The van der Waals surface area contributed by atoms with Gasteiger partial charge in [0.2, 0.25) is 0 Å². The molecule has 0 spiro atoms. The highest BCUT2D eigenvalue weighted by Crippen LogP contribution is 2.17. The first-order valence-electron chi connectivity index (χ1n) is 9.23. The summed E-state index contributed by atoms with van der Waals surface area (Å²) in [6, 6.07) is 19.9. The van der Waals surface area contributed by atoms with Crippen molar-refractivity contribution in [1.29, 1.82) is 0 Å². The number of rotatable bonds is 5. The quantitative estimate of drug-likeness (QED) is 0.759. The number of amides is 1. The average molecular weight is 361 g/mol. The van der Waals surface area contributed by atoms with Crippen LogP contribution in [0.5, 0.6) is 0 Å². The number of nitrogens with zero attached hydrogens (tertiary/aromatic N) is 2. The molecule has 138 valence electrons. The largest absolute Gasteiger partial charge is 0.378 e. The van der Waals surface area contributed by atoms with Crippen LogP contribution in [-0.2, 0) is 11.3 Å². The number of hydrogen-bond donors (Lipinski definition) is 1. The molecule has 1 saturated heterocycles. The van der Waals surface area contributed by atoms with Crippen molar-refractivity contribution in [1.82, 2.24) is 9.88 Å². The van der Waals surface area contributed by atoms with Gasteiger partial charge in [0.25, 0.3) is 5.91 Å². The molecule has 0 unspecified atom stereocenters. The molecule has 27 heavy (non-hydrogen) atoms. The van der Waals surface area contributed by atoms with Gasteiger partial charge in [0, 0.05) is 49.0 Å². The van der Waals surface area contributed by atoms with E-state index >= 15 is 0 Å². The van der Waals surface area contributed by atoms with Crippen molar-refractivity contribution in [3.05, 3.63) is 84.2 Å². The summed E-state index contributed by atoms with van der Waals surface area (Å²) in [6.45, 7) is 3.91. The fourth-order valence-electron chi connectivity index (χ4n) is 3.24. The zero-order valence-electron chi connectivity index (χ0n) is 15.2. The lowest BCUT2D eigenvalue weighted by atomic mass is 10.1. The molecule has 1 fully saturated rings. The molecule has 5 nitrogen and oxygen atoms in total. The summed E-state index contributed by atoms with van der Waals surface area (Å²) in [7, 11) is 0. The van der Waals surface area contributed by atoms with Gasteiger partial charge in [0.05, 0.1) is 13.2 Å². The predicted octanol–water partition coefficient (Wildman–Crippen LogP) is 3.24. The van der Waals surface area contributed by atoms with Crippen molar-refractivity contribution >= 4 is 11.6 Å². The number of benzene rings is 2. The van der Waals surface area contributed by atoms with Gasteiger partial charge in [-0.05, 0) is 48.0 Å². The van der Waals surface area contributed by atoms with Gasteiger partial charge >= 0.3 is 0 Å². The maximum absolute atomic E-state index is 12.5. The molecule has 0 atom stereocenters. The summed E-state index contributed by atoms with van der Waals surface area (Å²) in [5, 5.41) is 3.00. The van der Waals surface area contributed by atoms with Gasteiger partial charge in [-0.1, -0.05) is 18.2 Å². The second-order valence-electron chi connectivity index (χ2n) is 6.59. The number of morpholine rings is 1. The number of anilines is 1. The first-order chi connectivity index (χ1) is 13.3. The standard InChI is InChI=1S/C22H23N3O2/c26-22(19-4-3-5-21(16-19)24-10-1-2-11-24)23-17-18-6-8-20(9-7-18)25-12-14-27-15-13-25/h1-11,16H,12-15,17H2,(H,23,26).